The number of hydrogen-bond donors (Lipinski definition) is 4. The maximum Gasteiger partial charge on any atom is 0.209 e. The standard InChI is InChI=1S/C27H25N5/c28-25-30-27(29,32-31-25)24-18-10-17-23(19-24)26(20-11-4-1-5-12-20,21-13-6-2-7-14-21)22-15-8-3-9-16-22/h1-19,32H,29H2,(H3,28,30,31). The van der Waals surface area contributed by atoms with E-state index < -0.39 is 11.2 Å². The molecule has 158 valence electrons. The second kappa shape index (κ2) is 7.96. The number of nitrogens with zero attached hydrogens (tertiary/aromatic N) is 1. The molecule has 0 spiro atoms. The van der Waals surface area contributed by atoms with E-state index in [4.69, 9.17) is 11.5 Å². The van der Waals surface area contributed by atoms with Gasteiger partial charge in [-0.3, -0.25) is 11.2 Å². The van der Waals surface area contributed by atoms with Gasteiger partial charge in [0.15, 0.2) is 0 Å². The molecule has 0 bridgehead atoms. The molecular weight excluding hydrogens is 394 g/mol. The fourth-order valence-electron chi connectivity index (χ4n) is 4.60. The summed E-state index contributed by atoms with van der Waals surface area (Å²) in [6.07, 6.45) is 0. The predicted octanol–water partition coefficient (Wildman–Crippen LogP) is 3.56. The molecular formula is C27H25N5. The highest BCUT2D eigenvalue weighted by Crippen LogP contribution is 2.45. The highest BCUT2D eigenvalue weighted by atomic mass is 15.6. The summed E-state index contributed by atoms with van der Waals surface area (Å²) < 4.78 is 0. The normalized spacial score (nSPS) is 18.1. The van der Waals surface area contributed by atoms with Crippen LogP contribution in [0.25, 0.3) is 0 Å². The van der Waals surface area contributed by atoms with Crippen molar-refractivity contribution in [2.75, 3.05) is 0 Å². The first-order chi connectivity index (χ1) is 15.6. The van der Waals surface area contributed by atoms with Crippen LogP contribution in [-0.4, -0.2) is 5.96 Å². The number of benzene rings is 4. The third-order valence-corrected chi connectivity index (χ3v) is 6.03. The van der Waals surface area contributed by atoms with Gasteiger partial charge in [-0.05, 0) is 28.3 Å². The minimum absolute atomic E-state index is 0.262. The Labute approximate surface area is 187 Å². The zero-order valence-corrected chi connectivity index (χ0v) is 17.6. The summed E-state index contributed by atoms with van der Waals surface area (Å²) >= 11 is 0. The Morgan fingerprint density at radius 3 is 1.53 bits per heavy atom. The highest BCUT2D eigenvalue weighted by molar-refractivity contribution is 5.79. The van der Waals surface area contributed by atoms with Gasteiger partial charge in [-0.2, -0.15) is 5.43 Å². The summed E-state index contributed by atoms with van der Waals surface area (Å²) in [5.41, 5.74) is 23.1. The summed E-state index contributed by atoms with van der Waals surface area (Å²) in [7, 11) is 0. The van der Waals surface area contributed by atoms with Gasteiger partial charge in [-0.15, -0.1) is 0 Å². The number of nitrogens with two attached hydrogens (primary N) is 2. The van der Waals surface area contributed by atoms with Crippen molar-refractivity contribution in [1.82, 2.24) is 10.9 Å². The molecule has 0 amide bonds. The minimum atomic E-state index is -1.14. The Hall–Kier alpha value is -3.93. The molecule has 4 aromatic rings. The second-order valence-corrected chi connectivity index (χ2v) is 7.94. The van der Waals surface area contributed by atoms with Crippen LogP contribution in [0, 0.1) is 0 Å². The Kier molecular flexibility index (Phi) is 4.98. The molecule has 0 saturated carbocycles. The van der Waals surface area contributed by atoms with Gasteiger partial charge >= 0.3 is 0 Å². The molecule has 0 radical (unpaired) electrons. The lowest BCUT2D eigenvalue weighted by atomic mass is 9.65. The van der Waals surface area contributed by atoms with E-state index in [2.05, 4.69) is 101 Å². The molecule has 1 aliphatic rings. The van der Waals surface area contributed by atoms with Gasteiger partial charge in [-0.1, -0.05) is 109 Å². The fraction of sp³-hybridized carbons (Fsp3) is 0.0741. The highest BCUT2D eigenvalue weighted by Gasteiger charge is 2.40. The van der Waals surface area contributed by atoms with E-state index in [1.54, 1.807) is 0 Å². The molecule has 1 unspecified atom stereocenters. The molecule has 32 heavy (non-hydrogen) atoms. The van der Waals surface area contributed by atoms with E-state index in [9.17, 15) is 0 Å². The molecule has 0 saturated heterocycles. The van der Waals surface area contributed by atoms with Gasteiger partial charge in [0.25, 0.3) is 0 Å². The van der Waals surface area contributed by atoms with Gasteiger partial charge in [0, 0.05) is 5.56 Å². The molecule has 1 atom stereocenters. The molecule has 1 heterocycles. The van der Waals surface area contributed by atoms with E-state index in [0.29, 0.717) is 0 Å². The van der Waals surface area contributed by atoms with Gasteiger partial charge in [0.2, 0.25) is 11.7 Å². The Bertz CT molecular complexity index is 1140. The first-order valence-corrected chi connectivity index (χ1v) is 10.6. The summed E-state index contributed by atoms with van der Waals surface area (Å²) in [6.45, 7) is 0. The number of rotatable bonds is 5. The van der Waals surface area contributed by atoms with E-state index in [0.717, 1.165) is 11.1 Å². The predicted molar refractivity (Wildman–Crippen MR) is 129 cm³/mol. The number of nitrogens with one attached hydrogen (secondary N) is 2. The Balaban J connectivity index is 1.83. The fourth-order valence-corrected chi connectivity index (χ4v) is 4.60. The quantitative estimate of drug-likeness (QED) is 0.373. The van der Waals surface area contributed by atoms with Crippen LogP contribution in [0.2, 0.25) is 0 Å². The number of hydrazine groups is 1. The van der Waals surface area contributed by atoms with Crippen molar-refractivity contribution >= 4 is 5.96 Å². The van der Waals surface area contributed by atoms with E-state index in [1.807, 2.05) is 30.3 Å². The van der Waals surface area contributed by atoms with Crippen molar-refractivity contribution in [3.63, 3.8) is 0 Å². The van der Waals surface area contributed by atoms with E-state index in [-0.39, 0.29) is 5.96 Å². The molecule has 5 rings (SSSR count). The molecule has 6 N–H and O–H groups in total. The second-order valence-electron chi connectivity index (χ2n) is 7.94. The molecule has 0 aromatic heterocycles. The van der Waals surface area contributed by atoms with Crippen molar-refractivity contribution < 1.29 is 0 Å². The molecule has 0 aliphatic carbocycles. The third-order valence-electron chi connectivity index (χ3n) is 6.03. The summed E-state index contributed by atoms with van der Waals surface area (Å²) in [5.74, 6) is -0.881. The lowest BCUT2D eigenvalue weighted by Gasteiger charge is -2.37. The Morgan fingerprint density at radius 1 is 0.625 bits per heavy atom. The van der Waals surface area contributed by atoms with Gasteiger partial charge in [-0.25, -0.2) is 4.99 Å². The van der Waals surface area contributed by atoms with Gasteiger partial charge in [0.1, 0.15) is 0 Å². The van der Waals surface area contributed by atoms with Crippen LogP contribution in [0.5, 0.6) is 0 Å². The first kappa shape index (κ1) is 20.0. The summed E-state index contributed by atoms with van der Waals surface area (Å²) in [5, 5.41) is 0. The molecule has 5 nitrogen and oxygen atoms in total. The van der Waals surface area contributed by atoms with Crippen LogP contribution in [0.1, 0.15) is 27.8 Å². The topological polar surface area (TPSA) is 88.5 Å². The van der Waals surface area contributed by atoms with Crippen LogP contribution in [0.3, 0.4) is 0 Å². The molecule has 4 aromatic carbocycles. The lowest BCUT2D eigenvalue weighted by Crippen LogP contribution is -2.50. The number of hydrogen-bond acceptors (Lipinski definition) is 5. The van der Waals surface area contributed by atoms with Gasteiger partial charge < -0.3 is 5.73 Å². The SMILES string of the molecule is NC1=NC(N)(c2cccc(C(c3ccccc3)(c3ccccc3)c3ccccc3)c2)NN1. The van der Waals surface area contributed by atoms with E-state index >= 15 is 0 Å². The number of guanidine groups is 1. The maximum atomic E-state index is 6.56. The van der Waals surface area contributed by atoms with Crippen LogP contribution >= 0.6 is 0 Å². The van der Waals surface area contributed by atoms with Crippen molar-refractivity contribution in [1.29, 1.82) is 0 Å². The summed E-state index contributed by atoms with van der Waals surface area (Å²) in [4.78, 5) is 4.38. The summed E-state index contributed by atoms with van der Waals surface area (Å²) in [6, 6.07) is 39.9. The smallest absolute Gasteiger partial charge is 0.209 e. The largest absolute Gasteiger partial charge is 0.369 e. The van der Waals surface area contributed by atoms with Crippen molar-refractivity contribution in [3.8, 4) is 0 Å². The third kappa shape index (κ3) is 3.24. The van der Waals surface area contributed by atoms with E-state index in [1.165, 1.54) is 16.7 Å². The average Bonchev–Trinajstić information content (AvgIpc) is 3.22. The van der Waals surface area contributed by atoms with Crippen LogP contribution < -0.4 is 22.3 Å². The van der Waals surface area contributed by atoms with Crippen LogP contribution in [0.15, 0.2) is 120 Å². The Morgan fingerprint density at radius 2 is 1.09 bits per heavy atom. The van der Waals surface area contributed by atoms with Crippen molar-refractivity contribution in [3.05, 3.63) is 143 Å². The monoisotopic (exact) mass is 419 g/mol. The number of aliphatic imine (C=N–C) groups is 1. The van der Waals surface area contributed by atoms with Crippen molar-refractivity contribution in [2.45, 2.75) is 11.2 Å². The lowest BCUT2D eigenvalue weighted by molar-refractivity contribution is 0.374. The molecule has 5 heteroatoms. The molecule has 1 aliphatic heterocycles. The zero-order valence-electron chi connectivity index (χ0n) is 17.6. The average molecular weight is 420 g/mol. The van der Waals surface area contributed by atoms with Crippen molar-refractivity contribution in [2.24, 2.45) is 16.5 Å². The minimum Gasteiger partial charge on any atom is -0.369 e. The molecule has 0 fully saturated rings. The van der Waals surface area contributed by atoms with Crippen LogP contribution in [0.4, 0.5) is 0 Å². The first-order valence-electron chi connectivity index (χ1n) is 10.6. The maximum absolute atomic E-state index is 6.56. The van der Waals surface area contributed by atoms with Crippen LogP contribution in [-0.2, 0) is 11.2 Å². The van der Waals surface area contributed by atoms with Gasteiger partial charge in [0.05, 0.1) is 5.41 Å². The zero-order chi connectivity index (χ0) is 22.0.